The van der Waals surface area contributed by atoms with Crippen LogP contribution in [0.25, 0.3) is 0 Å². The maximum atomic E-state index is 12.6. The lowest BCUT2D eigenvalue weighted by Gasteiger charge is -2.32. The van der Waals surface area contributed by atoms with Crippen molar-refractivity contribution in [3.63, 3.8) is 0 Å². The van der Waals surface area contributed by atoms with E-state index in [1.165, 1.54) is 0 Å². The molecule has 0 saturated carbocycles. The predicted molar refractivity (Wildman–Crippen MR) is 73.4 cm³/mol. The zero-order valence-electron chi connectivity index (χ0n) is 10.7. The smallest absolute Gasteiger partial charge is 0.207 e. The number of sulfonamides is 1. The first-order valence-corrected chi connectivity index (χ1v) is 8.03. The molecule has 1 heterocycles. The quantitative estimate of drug-likeness (QED) is 0.837. The van der Waals surface area contributed by atoms with E-state index < -0.39 is 10.0 Å². The van der Waals surface area contributed by atoms with Crippen LogP contribution in [0.2, 0.25) is 5.02 Å². The Morgan fingerprint density at radius 2 is 2.06 bits per heavy atom. The van der Waals surface area contributed by atoms with Gasteiger partial charge in [-0.25, -0.2) is 8.42 Å². The fourth-order valence-corrected chi connectivity index (χ4v) is 4.64. The lowest BCUT2D eigenvalue weighted by atomic mass is 10.1. The lowest BCUT2D eigenvalue weighted by Crippen LogP contribution is -2.42. The molecule has 18 heavy (non-hydrogen) atoms. The summed E-state index contributed by atoms with van der Waals surface area (Å²) >= 11 is 6.08. The van der Waals surface area contributed by atoms with Gasteiger partial charge in [0.15, 0.2) is 0 Å². The third kappa shape index (κ3) is 2.56. The third-order valence-electron chi connectivity index (χ3n) is 3.42. The molecule has 0 N–H and O–H groups in total. The van der Waals surface area contributed by atoms with Crippen molar-refractivity contribution in [2.24, 2.45) is 0 Å². The molecule has 2 rings (SSSR count). The zero-order chi connectivity index (χ0) is 13.3. The molecule has 0 bridgehead atoms. The van der Waals surface area contributed by atoms with Gasteiger partial charge in [-0.15, -0.1) is 0 Å². The number of piperidine rings is 1. The van der Waals surface area contributed by atoms with Gasteiger partial charge in [0, 0.05) is 12.6 Å². The Bertz CT molecular complexity index is 542. The first-order chi connectivity index (χ1) is 8.43. The summed E-state index contributed by atoms with van der Waals surface area (Å²) in [5.41, 5.74) is 0.964. The summed E-state index contributed by atoms with van der Waals surface area (Å²) in [6.07, 6.45) is 2.94. The number of nitrogens with zero attached hydrogens (tertiary/aromatic N) is 1. The van der Waals surface area contributed by atoms with E-state index in [9.17, 15) is 8.42 Å². The molecule has 1 saturated heterocycles. The van der Waals surface area contributed by atoms with Crippen molar-refractivity contribution < 1.29 is 8.42 Å². The monoisotopic (exact) mass is 287 g/mol. The molecule has 0 aromatic heterocycles. The van der Waals surface area contributed by atoms with Crippen molar-refractivity contribution in [2.45, 2.75) is 44.0 Å². The Hall–Kier alpha value is -0.580. The standard InChI is InChI=1S/C13H18ClNO2S/c1-10-6-7-13(12(14)9-10)18(16,17)15-8-4-3-5-11(15)2/h6-7,9,11H,3-5,8H2,1-2H3. The van der Waals surface area contributed by atoms with Gasteiger partial charge in [-0.3, -0.25) is 0 Å². The molecule has 1 aliphatic heterocycles. The molecule has 1 unspecified atom stereocenters. The van der Waals surface area contributed by atoms with Gasteiger partial charge in [-0.05, 0) is 44.4 Å². The van der Waals surface area contributed by atoms with Crippen molar-refractivity contribution in [3.05, 3.63) is 28.8 Å². The molecule has 1 aliphatic rings. The highest BCUT2D eigenvalue weighted by Crippen LogP contribution is 2.29. The number of benzene rings is 1. The fourth-order valence-electron chi connectivity index (χ4n) is 2.37. The van der Waals surface area contributed by atoms with Gasteiger partial charge < -0.3 is 0 Å². The van der Waals surface area contributed by atoms with Crippen molar-refractivity contribution in [2.75, 3.05) is 6.54 Å². The van der Waals surface area contributed by atoms with E-state index >= 15 is 0 Å². The minimum atomic E-state index is -3.46. The Kier molecular flexibility index (Phi) is 3.99. The van der Waals surface area contributed by atoms with Crippen LogP contribution in [0, 0.1) is 6.92 Å². The van der Waals surface area contributed by atoms with E-state index in [1.54, 1.807) is 22.5 Å². The Balaban J connectivity index is 2.41. The predicted octanol–water partition coefficient (Wildman–Crippen LogP) is 3.21. The lowest BCUT2D eigenvalue weighted by molar-refractivity contribution is 0.268. The second kappa shape index (κ2) is 5.19. The van der Waals surface area contributed by atoms with Gasteiger partial charge in [-0.1, -0.05) is 24.1 Å². The molecule has 1 fully saturated rings. The van der Waals surface area contributed by atoms with Crippen LogP contribution in [-0.4, -0.2) is 25.3 Å². The number of hydrogen-bond donors (Lipinski definition) is 0. The van der Waals surface area contributed by atoms with E-state index in [4.69, 9.17) is 11.6 Å². The average Bonchev–Trinajstić information content (AvgIpc) is 2.28. The Labute approximate surface area is 114 Å². The molecule has 1 aromatic carbocycles. The summed E-state index contributed by atoms with van der Waals surface area (Å²) in [5, 5.41) is 0.313. The van der Waals surface area contributed by atoms with E-state index in [0.717, 1.165) is 24.8 Å². The number of rotatable bonds is 2. The minimum absolute atomic E-state index is 0.0566. The first kappa shape index (κ1) is 13.8. The maximum Gasteiger partial charge on any atom is 0.244 e. The van der Waals surface area contributed by atoms with Crippen LogP contribution in [0.5, 0.6) is 0 Å². The third-order valence-corrected chi connectivity index (χ3v) is 5.91. The maximum absolute atomic E-state index is 12.6. The van der Waals surface area contributed by atoms with Gasteiger partial charge in [-0.2, -0.15) is 4.31 Å². The highest BCUT2D eigenvalue weighted by molar-refractivity contribution is 7.89. The van der Waals surface area contributed by atoms with Crippen molar-refractivity contribution in [1.29, 1.82) is 0 Å². The van der Waals surface area contributed by atoms with Crippen molar-refractivity contribution >= 4 is 21.6 Å². The van der Waals surface area contributed by atoms with E-state index in [0.29, 0.717) is 11.6 Å². The van der Waals surface area contributed by atoms with Crippen molar-refractivity contribution in [3.8, 4) is 0 Å². The van der Waals surface area contributed by atoms with E-state index in [1.807, 2.05) is 13.8 Å². The number of hydrogen-bond acceptors (Lipinski definition) is 2. The largest absolute Gasteiger partial charge is 0.244 e. The molecule has 0 amide bonds. The molecular formula is C13H18ClNO2S. The topological polar surface area (TPSA) is 37.4 Å². The van der Waals surface area contributed by atoms with Crippen LogP contribution in [0.3, 0.4) is 0 Å². The SMILES string of the molecule is Cc1ccc(S(=O)(=O)N2CCCCC2C)c(Cl)c1. The summed E-state index contributed by atoms with van der Waals surface area (Å²) in [4.78, 5) is 0.225. The van der Waals surface area contributed by atoms with Crippen LogP contribution < -0.4 is 0 Å². The minimum Gasteiger partial charge on any atom is -0.207 e. The van der Waals surface area contributed by atoms with Crippen LogP contribution in [0.15, 0.2) is 23.1 Å². The first-order valence-electron chi connectivity index (χ1n) is 6.21. The zero-order valence-corrected chi connectivity index (χ0v) is 12.3. The summed E-state index contributed by atoms with van der Waals surface area (Å²) in [6.45, 7) is 4.44. The Morgan fingerprint density at radius 1 is 1.33 bits per heavy atom. The highest BCUT2D eigenvalue weighted by atomic mass is 35.5. The van der Waals surface area contributed by atoms with Gasteiger partial charge in [0.2, 0.25) is 10.0 Å². The summed E-state index contributed by atoms with van der Waals surface area (Å²) in [7, 11) is -3.46. The van der Waals surface area contributed by atoms with Gasteiger partial charge in [0.05, 0.1) is 5.02 Å². The second-order valence-electron chi connectivity index (χ2n) is 4.89. The molecule has 5 heteroatoms. The molecule has 0 spiro atoms. The van der Waals surface area contributed by atoms with Gasteiger partial charge in [0.25, 0.3) is 0 Å². The summed E-state index contributed by atoms with van der Waals surface area (Å²) < 4.78 is 26.7. The molecule has 0 radical (unpaired) electrons. The second-order valence-corrected chi connectivity index (χ2v) is 7.16. The summed E-state index contributed by atoms with van der Waals surface area (Å²) in [5.74, 6) is 0. The number of halogens is 1. The number of aryl methyl sites for hydroxylation is 1. The Morgan fingerprint density at radius 3 is 2.67 bits per heavy atom. The van der Waals surface area contributed by atoms with E-state index in [-0.39, 0.29) is 10.9 Å². The van der Waals surface area contributed by atoms with Crippen LogP contribution >= 0.6 is 11.6 Å². The van der Waals surface area contributed by atoms with E-state index in [2.05, 4.69) is 0 Å². The highest BCUT2D eigenvalue weighted by Gasteiger charge is 2.32. The molecule has 100 valence electrons. The molecule has 1 aromatic rings. The van der Waals surface area contributed by atoms with Gasteiger partial charge >= 0.3 is 0 Å². The molecule has 3 nitrogen and oxygen atoms in total. The normalized spacial score (nSPS) is 22.1. The molecule has 0 aliphatic carbocycles. The van der Waals surface area contributed by atoms with Gasteiger partial charge in [0.1, 0.15) is 4.90 Å². The molecule has 1 atom stereocenters. The average molecular weight is 288 g/mol. The van der Waals surface area contributed by atoms with Crippen molar-refractivity contribution in [1.82, 2.24) is 4.31 Å². The van der Waals surface area contributed by atoms with Crippen LogP contribution in [-0.2, 0) is 10.0 Å². The fraction of sp³-hybridized carbons (Fsp3) is 0.538. The summed E-state index contributed by atoms with van der Waals surface area (Å²) in [6, 6.07) is 5.14. The van der Waals surface area contributed by atoms with Crippen LogP contribution in [0.1, 0.15) is 31.7 Å². The molecular weight excluding hydrogens is 270 g/mol. The van der Waals surface area contributed by atoms with Crippen LogP contribution in [0.4, 0.5) is 0 Å².